The second-order valence-electron chi connectivity index (χ2n) is 6.32. The molecule has 5 nitrogen and oxygen atoms in total. The van der Waals surface area contributed by atoms with Crippen LogP contribution in [0.3, 0.4) is 0 Å². The lowest BCUT2D eigenvalue weighted by atomic mass is 9.97. The molecule has 0 N–H and O–H groups in total. The fourth-order valence-corrected chi connectivity index (χ4v) is 3.18. The van der Waals surface area contributed by atoms with Gasteiger partial charge in [-0.15, -0.1) is 0 Å². The molecule has 0 saturated carbocycles. The third kappa shape index (κ3) is 4.07. The minimum absolute atomic E-state index is 0.176. The normalized spacial score (nSPS) is 17.0. The van der Waals surface area contributed by atoms with E-state index in [1.807, 2.05) is 0 Å². The first-order valence-electron chi connectivity index (χ1n) is 8.75. The lowest BCUT2D eigenvalue weighted by molar-refractivity contribution is -0.149. The molecular formula is C20H21FN2O3. The highest BCUT2D eigenvalue weighted by molar-refractivity contribution is 5.95. The Labute approximate surface area is 151 Å². The van der Waals surface area contributed by atoms with Gasteiger partial charge in [0.05, 0.1) is 18.1 Å². The molecular weight excluding hydrogens is 335 g/mol. The SMILES string of the molecule is CCOC(=O)[C@H]1CCCN(C(=O)c2cncc(-c3cccc(F)c3)c2)C1. The number of carbonyl (C=O) groups is 2. The maximum Gasteiger partial charge on any atom is 0.310 e. The van der Waals surface area contributed by atoms with Crippen molar-refractivity contribution in [3.8, 4) is 11.1 Å². The molecule has 0 aliphatic carbocycles. The number of esters is 1. The summed E-state index contributed by atoms with van der Waals surface area (Å²) in [6.07, 6.45) is 4.58. The number of ether oxygens (including phenoxy) is 1. The van der Waals surface area contributed by atoms with Crippen LogP contribution in [-0.2, 0) is 9.53 Å². The lowest BCUT2D eigenvalue weighted by Gasteiger charge is -2.31. The third-order valence-corrected chi connectivity index (χ3v) is 4.47. The highest BCUT2D eigenvalue weighted by Gasteiger charge is 2.30. The Morgan fingerprint density at radius 2 is 2.12 bits per heavy atom. The van der Waals surface area contributed by atoms with E-state index in [1.54, 1.807) is 36.2 Å². The predicted molar refractivity (Wildman–Crippen MR) is 94.9 cm³/mol. The summed E-state index contributed by atoms with van der Waals surface area (Å²) in [5.41, 5.74) is 1.76. The van der Waals surface area contributed by atoms with Crippen LogP contribution in [0.1, 0.15) is 30.1 Å². The molecule has 1 atom stereocenters. The number of amides is 1. The van der Waals surface area contributed by atoms with Gasteiger partial charge < -0.3 is 9.64 Å². The highest BCUT2D eigenvalue weighted by atomic mass is 19.1. The van der Waals surface area contributed by atoms with Gasteiger partial charge >= 0.3 is 5.97 Å². The first-order chi connectivity index (χ1) is 12.6. The van der Waals surface area contributed by atoms with Gasteiger partial charge in [0.25, 0.3) is 5.91 Å². The predicted octanol–water partition coefficient (Wildman–Crippen LogP) is 3.30. The van der Waals surface area contributed by atoms with Crippen LogP contribution >= 0.6 is 0 Å². The van der Waals surface area contributed by atoms with Gasteiger partial charge in [-0.05, 0) is 43.5 Å². The maximum atomic E-state index is 13.4. The van der Waals surface area contributed by atoms with Crippen molar-refractivity contribution in [3.63, 3.8) is 0 Å². The van der Waals surface area contributed by atoms with Crippen LogP contribution < -0.4 is 0 Å². The van der Waals surface area contributed by atoms with Gasteiger partial charge in [0.15, 0.2) is 0 Å². The number of rotatable bonds is 4. The van der Waals surface area contributed by atoms with Gasteiger partial charge in [0.2, 0.25) is 0 Å². The summed E-state index contributed by atoms with van der Waals surface area (Å²) in [6, 6.07) is 7.87. The van der Waals surface area contributed by atoms with E-state index in [1.165, 1.54) is 18.3 Å². The zero-order valence-corrected chi connectivity index (χ0v) is 14.7. The molecule has 0 unspecified atom stereocenters. The topological polar surface area (TPSA) is 59.5 Å². The second kappa shape index (κ2) is 8.08. The molecule has 1 fully saturated rings. The summed E-state index contributed by atoms with van der Waals surface area (Å²) in [6.45, 7) is 3.05. The number of halogens is 1. The van der Waals surface area contributed by atoms with E-state index in [-0.39, 0.29) is 23.6 Å². The number of nitrogens with zero attached hydrogens (tertiary/aromatic N) is 2. The van der Waals surface area contributed by atoms with Crippen LogP contribution in [0.5, 0.6) is 0 Å². The molecule has 1 amide bonds. The van der Waals surface area contributed by atoms with Crippen molar-refractivity contribution in [3.05, 3.63) is 54.1 Å². The number of likely N-dealkylation sites (tertiary alicyclic amines) is 1. The van der Waals surface area contributed by atoms with Crippen LogP contribution in [0.15, 0.2) is 42.7 Å². The van der Waals surface area contributed by atoms with E-state index in [9.17, 15) is 14.0 Å². The number of pyridine rings is 1. The Morgan fingerprint density at radius 1 is 1.27 bits per heavy atom. The molecule has 2 heterocycles. The van der Waals surface area contributed by atoms with Crippen molar-refractivity contribution in [2.75, 3.05) is 19.7 Å². The standard InChI is InChI=1S/C20H21FN2O3/c1-2-26-20(25)15-6-4-8-23(13-15)19(24)17-9-16(11-22-12-17)14-5-3-7-18(21)10-14/h3,5,7,9-12,15H,2,4,6,8,13H2,1H3/t15-/m0/s1. The Hall–Kier alpha value is -2.76. The van der Waals surface area contributed by atoms with Crippen molar-refractivity contribution in [2.24, 2.45) is 5.92 Å². The van der Waals surface area contributed by atoms with Gasteiger partial charge in [-0.1, -0.05) is 12.1 Å². The number of benzene rings is 1. The van der Waals surface area contributed by atoms with Gasteiger partial charge in [0.1, 0.15) is 5.82 Å². The zero-order valence-electron chi connectivity index (χ0n) is 14.7. The second-order valence-corrected chi connectivity index (χ2v) is 6.32. The third-order valence-electron chi connectivity index (χ3n) is 4.47. The molecule has 0 radical (unpaired) electrons. The van der Waals surface area contributed by atoms with Gasteiger partial charge in [-0.3, -0.25) is 14.6 Å². The van der Waals surface area contributed by atoms with Gasteiger partial charge in [0, 0.05) is 31.0 Å². The monoisotopic (exact) mass is 356 g/mol. The number of hydrogen-bond donors (Lipinski definition) is 0. The summed E-state index contributed by atoms with van der Waals surface area (Å²) in [4.78, 5) is 30.6. The molecule has 3 rings (SSSR count). The molecule has 0 spiro atoms. The first kappa shape index (κ1) is 18.0. The van der Waals surface area contributed by atoms with E-state index in [4.69, 9.17) is 4.74 Å². The quantitative estimate of drug-likeness (QED) is 0.789. The number of aromatic nitrogens is 1. The molecule has 0 bridgehead atoms. The maximum absolute atomic E-state index is 13.4. The van der Waals surface area contributed by atoms with E-state index in [2.05, 4.69) is 4.98 Å². The van der Waals surface area contributed by atoms with Crippen molar-refractivity contribution in [1.29, 1.82) is 0 Å². The average molecular weight is 356 g/mol. The van der Waals surface area contributed by atoms with Crippen LogP contribution in [0.4, 0.5) is 4.39 Å². The molecule has 2 aromatic rings. The molecule has 1 saturated heterocycles. The van der Waals surface area contributed by atoms with E-state index in [0.29, 0.717) is 36.4 Å². The molecule has 1 aliphatic rings. The Balaban J connectivity index is 1.77. The van der Waals surface area contributed by atoms with Crippen molar-refractivity contribution in [2.45, 2.75) is 19.8 Å². The highest BCUT2D eigenvalue weighted by Crippen LogP contribution is 2.23. The fraction of sp³-hybridized carbons (Fsp3) is 0.350. The van der Waals surface area contributed by atoms with Crippen LogP contribution in [0, 0.1) is 11.7 Å². The minimum Gasteiger partial charge on any atom is -0.466 e. The Kier molecular flexibility index (Phi) is 5.61. The molecule has 1 aromatic heterocycles. The molecule has 6 heteroatoms. The Bertz CT molecular complexity index is 809. The van der Waals surface area contributed by atoms with Gasteiger partial charge in [-0.2, -0.15) is 0 Å². The van der Waals surface area contributed by atoms with Crippen molar-refractivity contribution >= 4 is 11.9 Å². The smallest absolute Gasteiger partial charge is 0.310 e. The number of hydrogen-bond acceptors (Lipinski definition) is 4. The number of carbonyl (C=O) groups excluding carboxylic acids is 2. The van der Waals surface area contributed by atoms with E-state index >= 15 is 0 Å². The molecule has 1 aliphatic heterocycles. The first-order valence-corrected chi connectivity index (χ1v) is 8.75. The van der Waals surface area contributed by atoms with Crippen LogP contribution in [-0.4, -0.2) is 41.5 Å². The average Bonchev–Trinajstić information content (AvgIpc) is 2.68. The fourth-order valence-electron chi connectivity index (χ4n) is 3.18. The van der Waals surface area contributed by atoms with Crippen molar-refractivity contribution in [1.82, 2.24) is 9.88 Å². The molecule has 1 aromatic carbocycles. The Morgan fingerprint density at radius 3 is 2.88 bits per heavy atom. The van der Waals surface area contributed by atoms with Crippen LogP contribution in [0.2, 0.25) is 0 Å². The summed E-state index contributed by atoms with van der Waals surface area (Å²) >= 11 is 0. The zero-order chi connectivity index (χ0) is 18.5. The molecule has 136 valence electrons. The molecule has 26 heavy (non-hydrogen) atoms. The van der Waals surface area contributed by atoms with E-state index < -0.39 is 0 Å². The largest absolute Gasteiger partial charge is 0.466 e. The van der Waals surface area contributed by atoms with E-state index in [0.717, 1.165) is 12.8 Å². The van der Waals surface area contributed by atoms with Gasteiger partial charge in [-0.25, -0.2) is 4.39 Å². The lowest BCUT2D eigenvalue weighted by Crippen LogP contribution is -2.42. The number of piperidine rings is 1. The minimum atomic E-state index is -0.340. The summed E-state index contributed by atoms with van der Waals surface area (Å²) < 4.78 is 18.5. The summed E-state index contributed by atoms with van der Waals surface area (Å²) in [7, 11) is 0. The van der Waals surface area contributed by atoms with Crippen molar-refractivity contribution < 1.29 is 18.7 Å². The van der Waals surface area contributed by atoms with Crippen LogP contribution in [0.25, 0.3) is 11.1 Å². The summed E-state index contributed by atoms with van der Waals surface area (Å²) in [5, 5.41) is 0. The summed E-state index contributed by atoms with van der Waals surface area (Å²) in [5.74, 6) is -1.05.